The summed E-state index contributed by atoms with van der Waals surface area (Å²) < 4.78 is 13.1. The van der Waals surface area contributed by atoms with Gasteiger partial charge in [0.25, 0.3) is 0 Å². The number of ether oxygens (including phenoxy) is 2. The second-order valence-corrected chi connectivity index (χ2v) is 11.6. The standard InChI is InChI=1S/C36H41N3O6/c1-24(28-18-17-26-7-3-4-8-29(26)19-28)39(2)22-32-21-33(27-15-13-25(23-40)14-16-27)45-36(44-32)30-9-5-10-31(20-30)37-34(41)11-6-12-35(42)38-43/h3-5,7-10,13-20,24,32-33,36,40,43H,6,11-12,21-23H2,1-2H3,(H,37,41)(H,38,42). The Morgan fingerprint density at radius 3 is 2.40 bits per heavy atom. The van der Waals surface area contributed by atoms with Crippen LogP contribution < -0.4 is 10.8 Å². The average Bonchev–Trinajstić information content (AvgIpc) is 3.07. The highest BCUT2D eigenvalue weighted by Crippen LogP contribution is 2.39. The van der Waals surface area contributed by atoms with Crippen LogP contribution in [0.5, 0.6) is 0 Å². The smallest absolute Gasteiger partial charge is 0.243 e. The highest BCUT2D eigenvalue weighted by Gasteiger charge is 2.33. The highest BCUT2D eigenvalue weighted by atomic mass is 16.7. The van der Waals surface area contributed by atoms with Crippen molar-refractivity contribution in [2.75, 3.05) is 18.9 Å². The monoisotopic (exact) mass is 611 g/mol. The van der Waals surface area contributed by atoms with E-state index in [4.69, 9.17) is 14.7 Å². The third kappa shape index (κ3) is 8.54. The molecule has 0 aromatic heterocycles. The number of nitrogens with one attached hydrogen (secondary N) is 2. The Kier molecular flexibility index (Phi) is 10.9. The van der Waals surface area contributed by atoms with Gasteiger partial charge >= 0.3 is 0 Å². The SMILES string of the molecule is CC(c1ccc2ccccc2c1)N(C)CC1CC(c2ccc(CO)cc2)OC(c2cccc(NC(=O)CCCC(=O)NO)c2)O1. The number of rotatable bonds is 12. The molecule has 4 N–H and O–H groups in total. The van der Waals surface area contributed by atoms with Crippen LogP contribution in [-0.4, -0.2) is 46.7 Å². The summed E-state index contributed by atoms with van der Waals surface area (Å²) in [5.74, 6) is -0.754. The molecule has 9 nitrogen and oxygen atoms in total. The first-order chi connectivity index (χ1) is 21.8. The van der Waals surface area contributed by atoms with Gasteiger partial charge in [0.15, 0.2) is 6.29 Å². The van der Waals surface area contributed by atoms with Crippen molar-refractivity contribution in [3.63, 3.8) is 0 Å². The quantitative estimate of drug-likeness (QED) is 0.111. The zero-order chi connectivity index (χ0) is 31.8. The number of hydrogen-bond acceptors (Lipinski definition) is 7. The predicted molar refractivity (Wildman–Crippen MR) is 172 cm³/mol. The van der Waals surface area contributed by atoms with Crippen molar-refractivity contribution in [3.8, 4) is 0 Å². The first kappa shape index (κ1) is 32.3. The Balaban J connectivity index is 1.31. The molecule has 4 aromatic carbocycles. The summed E-state index contributed by atoms with van der Waals surface area (Å²) in [5, 5.41) is 23.5. The van der Waals surface area contributed by atoms with Gasteiger partial charge in [0, 0.05) is 43.1 Å². The maximum atomic E-state index is 12.5. The number of carbonyl (C=O) groups excluding carboxylic acids is 2. The van der Waals surface area contributed by atoms with E-state index in [1.165, 1.54) is 16.3 Å². The van der Waals surface area contributed by atoms with E-state index in [-0.39, 0.29) is 43.6 Å². The first-order valence-corrected chi connectivity index (χ1v) is 15.3. The Morgan fingerprint density at radius 1 is 0.889 bits per heavy atom. The summed E-state index contributed by atoms with van der Waals surface area (Å²) in [6.07, 6.45) is 0.128. The van der Waals surface area contributed by atoms with Crippen LogP contribution in [0.1, 0.15) is 73.3 Å². The fourth-order valence-electron chi connectivity index (χ4n) is 5.69. The van der Waals surface area contributed by atoms with Crippen molar-refractivity contribution in [2.24, 2.45) is 0 Å². The van der Waals surface area contributed by atoms with Crippen molar-refractivity contribution in [3.05, 3.63) is 113 Å². The molecule has 9 heteroatoms. The first-order valence-electron chi connectivity index (χ1n) is 15.3. The summed E-state index contributed by atoms with van der Waals surface area (Å²) in [4.78, 5) is 26.0. The van der Waals surface area contributed by atoms with E-state index in [2.05, 4.69) is 66.7 Å². The molecule has 0 bridgehead atoms. The van der Waals surface area contributed by atoms with E-state index in [1.807, 2.05) is 42.5 Å². The fraction of sp³-hybridized carbons (Fsp3) is 0.333. The minimum Gasteiger partial charge on any atom is -0.392 e. The zero-order valence-corrected chi connectivity index (χ0v) is 25.7. The lowest BCUT2D eigenvalue weighted by Crippen LogP contribution is -2.38. The fourth-order valence-corrected chi connectivity index (χ4v) is 5.69. The van der Waals surface area contributed by atoms with E-state index >= 15 is 0 Å². The summed E-state index contributed by atoms with van der Waals surface area (Å²) in [7, 11) is 2.11. The summed E-state index contributed by atoms with van der Waals surface area (Å²) in [6, 6.07) is 30.3. The van der Waals surface area contributed by atoms with Gasteiger partial charge in [-0.3, -0.25) is 19.7 Å². The van der Waals surface area contributed by atoms with Gasteiger partial charge in [-0.1, -0.05) is 72.8 Å². The predicted octanol–water partition coefficient (Wildman–Crippen LogP) is 6.18. The van der Waals surface area contributed by atoms with Gasteiger partial charge in [-0.15, -0.1) is 0 Å². The second kappa shape index (κ2) is 15.2. The van der Waals surface area contributed by atoms with E-state index in [1.54, 1.807) is 11.5 Å². The third-order valence-electron chi connectivity index (χ3n) is 8.40. The molecule has 0 saturated carbocycles. The van der Waals surface area contributed by atoms with Gasteiger partial charge in [-0.25, -0.2) is 5.48 Å². The Labute approximate surface area is 263 Å². The molecular weight excluding hydrogens is 570 g/mol. The van der Waals surface area contributed by atoms with Gasteiger partial charge < -0.3 is 19.9 Å². The maximum Gasteiger partial charge on any atom is 0.243 e. The molecular formula is C36H41N3O6. The van der Waals surface area contributed by atoms with Crippen molar-refractivity contribution in [1.82, 2.24) is 10.4 Å². The van der Waals surface area contributed by atoms with Crippen molar-refractivity contribution >= 4 is 28.3 Å². The molecule has 0 spiro atoms. The summed E-state index contributed by atoms with van der Waals surface area (Å²) in [5.41, 5.74) is 6.03. The second-order valence-electron chi connectivity index (χ2n) is 11.6. The number of hydrogen-bond donors (Lipinski definition) is 4. The van der Waals surface area contributed by atoms with Gasteiger partial charge in [0.1, 0.15) is 0 Å². The topological polar surface area (TPSA) is 120 Å². The van der Waals surface area contributed by atoms with Crippen LogP contribution in [0.3, 0.4) is 0 Å². The molecule has 1 heterocycles. The molecule has 1 fully saturated rings. The van der Waals surface area contributed by atoms with E-state index < -0.39 is 12.2 Å². The number of aliphatic hydroxyl groups is 1. The molecule has 236 valence electrons. The molecule has 4 atom stereocenters. The van der Waals surface area contributed by atoms with E-state index in [0.29, 0.717) is 25.1 Å². The van der Waals surface area contributed by atoms with Crippen LogP contribution in [0, 0.1) is 0 Å². The number of aliphatic hydroxyl groups excluding tert-OH is 1. The minimum atomic E-state index is -0.666. The molecule has 45 heavy (non-hydrogen) atoms. The van der Waals surface area contributed by atoms with Gasteiger partial charge in [0.05, 0.1) is 18.8 Å². The number of anilines is 1. The molecule has 4 aromatic rings. The number of fused-ring (bicyclic) bond motifs is 1. The van der Waals surface area contributed by atoms with E-state index in [9.17, 15) is 14.7 Å². The van der Waals surface area contributed by atoms with E-state index in [0.717, 1.165) is 16.7 Å². The minimum absolute atomic E-state index is 0.0231. The van der Waals surface area contributed by atoms with Crippen LogP contribution >= 0.6 is 0 Å². The Morgan fingerprint density at radius 2 is 1.64 bits per heavy atom. The number of hydroxylamine groups is 1. The molecule has 5 rings (SSSR count). The average molecular weight is 612 g/mol. The normalized spacial score (nSPS) is 18.9. The van der Waals surface area contributed by atoms with Crippen molar-refractivity contribution in [2.45, 2.75) is 63.8 Å². The molecule has 0 radical (unpaired) electrons. The molecule has 4 unspecified atom stereocenters. The van der Waals surface area contributed by atoms with Gasteiger partial charge in [-0.2, -0.15) is 0 Å². The Hall–Kier alpha value is -4.12. The number of amides is 2. The number of likely N-dealkylation sites (N-methyl/N-ethyl adjacent to an activating group) is 1. The molecule has 1 aliphatic rings. The molecule has 1 aliphatic heterocycles. The zero-order valence-electron chi connectivity index (χ0n) is 25.7. The maximum absolute atomic E-state index is 12.5. The number of carbonyl (C=O) groups is 2. The lowest BCUT2D eigenvalue weighted by molar-refractivity contribution is -0.253. The van der Waals surface area contributed by atoms with Gasteiger partial charge in [0.2, 0.25) is 11.8 Å². The van der Waals surface area contributed by atoms with Crippen LogP contribution in [-0.2, 0) is 25.7 Å². The van der Waals surface area contributed by atoms with Crippen LogP contribution in [0.15, 0.2) is 91.0 Å². The van der Waals surface area contributed by atoms with Crippen LogP contribution in [0.4, 0.5) is 5.69 Å². The molecule has 1 saturated heterocycles. The molecule has 0 aliphatic carbocycles. The number of benzene rings is 4. The third-order valence-corrected chi connectivity index (χ3v) is 8.40. The van der Waals surface area contributed by atoms with Crippen LogP contribution in [0.2, 0.25) is 0 Å². The largest absolute Gasteiger partial charge is 0.392 e. The lowest BCUT2D eigenvalue weighted by Gasteiger charge is -2.39. The Bertz CT molecular complexity index is 1590. The summed E-state index contributed by atoms with van der Waals surface area (Å²) in [6.45, 7) is 2.86. The summed E-state index contributed by atoms with van der Waals surface area (Å²) >= 11 is 0. The molecule has 2 amide bonds. The van der Waals surface area contributed by atoms with Crippen molar-refractivity contribution < 1.29 is 29.4 Å². The lowest BCUT2D eigenvalue weighted by atomic mass is 9.98. The van der Waals surface area contributed by atoms with Crippen LogP contribution in [0.25, 0.3) is 10.8 Å². The van der Waals surface area contributed by atoms with Gasteiger partial charge in [-0.05, 0) is 66.1 Å². The van der Waals surface area contributed by atoms with Crippen molar-refractivity contribution in [1.29, 1.82) is 0 Å². The number of nitrogens with zero attached hydrogens (tertiary/aromatic N) is 1. The highest BCUT2D eigenvalue weighted by molar-refractivity contribution is 5.91.